The van der Waals surface area contributed by atoms with E-state index >= 15 is 0 Å². The van der Waals surface area contributed by atoms with Crippen molar-refractivity contribution in [2.75, 3.05) is 6.61 Å². The minimum absolute atomic E-state index is 0.179. The highest BCUT2D eigenvalue weighted by Crippen LogP contribution is 2.41. The van der Waals surface area contributed by atoms with Gasteiger partial charge in [0.1, 0.15) is 11.8 Å². The second kappa shape index (κ2) is 7.30. The molecule has 0 radical (unpaired) electrons. The van der Waals surface area contributed by atoms with Crippen LogP contribution >= 0.6 is 0 Å². The summed E-state index contributed by atoms with van der Waals surface area (Å²) in [5.41, 5.74) is 6.31. The highest BCUT2D eigenvalue weighted by molar-refractivity contribution is 6.05. The lowest BCUT2D eigenvalue weighted by Crippen LogP contribution is -2.52. The number of aryl methyl sites for hydroxylation is 1. The monoisotopic (exact) mass is 442 g/mol. The molecule has 1 atom stereocenters. The van der Waals surface area contributed by atoms with E-state index in [2.05, 4.69) is 16.4 Å². The van der Waals surface area contributed by atoms with Crippen LogP contribution in [0.15, 0.2) is 42.7 Å². The second-order valence-electron chi connectivity index (χ2n) is 8.72. The SMILES string of the molecule is Cn1cnc(-c2ccc3c(c2)CN(C2CCC(=O)NC2=O)C3=O)c1-c1cccc2c1OCC2. The van der Waals surface area contributed by atoms with Crippen LogP contribution in [0.25, 0.3) is 22.5 Å². The summed E-state index contributed by atoms with van der Waals surface area (Å²) in [6.07, 6.45) is 3.27. The molecule has 1 fully saturated rings. The van der Waals surface area contributed by atoms with Crippen molar-refractivity contribution in [2.45, 2.75) is 31.8 Å². The summed E-state index contributed by atoms with van der Waals surface area (Å²) >= 11 is 0. The number of fused-ring (bicyclic) bond motifs is 2. The number of rotatable bonds is 3. The van der Waals surface area contributed by atoms with Gasteiger partial charge < -0.3 is 14.2 Å². The van der Waals surface area contributed by atoms with Gasteiger partial charge in [-0.05, 0) is 35.7 Å². The van der Waals surface area contributed by atoms with Crippen molar-refractivity contribution in [3.8, 4) is 28.3 Å². The Labute approximate surface area is 190 Å². The summed E-state index contributed by atoms with van der Waals surface area (Å²) in [5.74, 6) is 0.0311. The van der Waals surface area contributed by atoms with Gasteiger partial charge in [-0.25, -0.2) is 4.98 Å². The van der Waals surface area contributed by atoms with Gasteiger partial charge in [-0.1, -0.05) is 18.2 Å². The number of imide groups is 1. The molecule has 1 aromatic heterocycles. The average Bonchev–Trinajstić information content (AvgIpc) is 3.51. The molecule has 0 spiro atoms. The molecule has 3 aliphatic rings. The molecule has 2 aromatic carbocycles. The number of carbonyl (C=O) groups excluding carboxylic acids is 3. The summed E-state index contributed by atoms with van der Waals surface area (Å²) in [6.45, 7) is 1.01. The molecule has 1 N–H and O–H groups in total. The van der Waals surface area contributed by atoms with Gasteiger partial charge in [-0.15, -0.1) is 0 Å². The third-order valence-electron chi connectivity index (χ3n) is 6.70. The predicted octanol–water partition coefficient (Wildman–Crippen LogP) is 2.45. The van der Waals surface area contributed by atoms with Crippen molar-refractivity contribution in [1.82, 2.24) is 19.8 Å². The number of nitrogens with one attached hydrogen (secondary N) is 1. The highest BCUT2D eigenvalue weighted by atomic mass is 16.5. The summed E-state index contributed by atoms with van der Waals surface area (Å²) in [4.78, 5) is 43.1. The fourth-order valence-electron chi connectivity index (χ4n) is 5.08. The van der Waals surface area contributed by atoms with Crippen LogP contribution < -0.4 is 10.1 Å². The van der Waals surface area contributed by atoms with Crippen molar-refractivity contribution in [3.05, 3.63) is 59.4 Å². The Kier molecular flexibility index (Phi) is 4.36. The lowest BCUT2D eigenvalue weighted by molar-refractivity contribution is -0.136. The first-order valence-electron chi connectivity index (χ1n) is 11.1. The van der Waals surface area contributed by atoms with Crippen LogP contribution in [0.4, 0.5) is 0 Å². The van der Waals surface area contributed by atoms with Gasteiger partial charge >= 0.3 is 0 Å². The molecule has 166 valence electrons. The number of nitrogens with zero attached hydrogens (tertiary/aromatic N) is 3. The standard InChI is InChI=1S/C25H22N4O4/c1-28-13-26-21(22(28)18-4-2-3-14-9-10-33-23(14)18)15-5-6-17-16(11-15)12-29(25(17)32)19-7-8-20(30)27-24(19)31/h2-6,11,13,19H,7-10,12H2,1H3,(H,27,30,31). The number of hydrogen-bond acceptors (Lipinski definition) is 5. The van der Waals surface area contributed by atoms with E-state index in [4.69, 9.17) is 4.74 Å². The normalized spacial score (nSPS) is 19.4. The molecule has 8 heteroatoms. The summed E-state index contributed by atoms with van der Waals surface area (Å²) in [7, 11) is 1.96. The largest absolute Gasteiger partial charge is 0.492 e. The number of imidazole rings is 1. The minimum atomic E-state index is -0.625. The molecule has 3 aromatic rings. The number of carbonyl (C=O) groups is 3. The van der Waals surface area contributed by atoms with Crippen molar-refractivity contribution < 1.29 is 19.1 Å². The maximum Gasteiger partial charge on any atom is 0.255 e. The van der Waals surface area contributed by atoms with Crippen LogP contribution in [0.1, 0.15) is 34.3 Å². The van der Waals surface area contributed by atoms with E-state index in [-0.39, 0.29) is 18.2 Å². The lowest BCUT2D eigenvalue weighted by atomic mass is 9.99. The number of amides is 3. The topological polar surface area (TPSA) is 93.5 Å². The lowest BCUT2D eigenvalue weighted by Gasteiger charge is -2.29. The van der Waals surface area contributed by atoms with Gasteiger partial charge in [-0.2, -0.15) is 0 Å². The van der Waals surface area contributed by atoms with Gasteiger partial charge in [0, 0.05) is 43.1 Å². The molecule has 3 aliphatic heterocycles. The second-order valence-corrected chi connectivity index (χ2v) is 8.72. The summed E-state index contributed by atoms with van der Waals surface area (Å²) in [5, 5.41) is 2.34. The minimum Gasteiger partial charge on any atom is -0.492 e. The molecule has 1 unspecified atom stereocenters. The number of ether oxygens (including phenoxy) is 1. The van der Waals surface area contributed by atoms with E-state index in [1.807, 2.05) is 41.9 Å². The van der Waals surface area contributed by atoms with Crippen molar-refractivity contribution in [1.29, 1.82) is 0 Å². The van der Waals surface area contributed by atoms with Crippen LogP contribution in [-0.4, -0.2) is 44.8 Å². The van der Waals surface area contributed by atoms with Crippen LogP contribution in [0.5, 0.6) is 5.75 Å². The third-order valence-corrected chi connectivity index (χ3v) is 6.70. The third kappa shape index (κ3) is 3.05. The Balaban J connectivity index is 1.37. The molecule has 0 aliphatic carbocycles. The molecule has 0 saturated carbocycles. The Morgan fingerprint density at radius 2 is 1.94 bits per heavy atom. The Hall–Kier alpha value is -3.94. The van der Waals surface area contributed by atoms with E-state index in [0.717, 1.165) is 40.2 Å². The Morgan fingerprint density at radius 1 is 1.06 bits per heavy atom. The first-order chi connectivity index (χ1) is 16.0. The molecular formula is C25H22N4O4. The zero-order chi connectivity index (χ0) is 22.7. The number of aromatic nitrogens is 2. The van der Waals surface area contributed by atoms with E-state index in [9.17, 15) is 14.4 Å². The van der Waals surface area contributed by atoms with E-state index in [1.54, 1.807) is 11.2 Å². The van der Waals surface area contributed by atoms with Crippen LogP contribution in [0, 0.1) is 0 Å². The van der Waals surface area contributed by atoms with Crippen LogP contribution in [-0.2, 0) is 29.6 Å². The smallest absolute Gasteiger partial charge is 0.255 e. The Bertz CT molecular complexity index is 1340. The fraction of sp³-hybridized carbons (Fsp3) is 0.280. The van der Waals surface area contributed by atoms with Crippen molar-refractivity contribution in [2.24, 2.45) is 7.05 Å². The molecule has 0 bridgehead atoms. The molecule has 3 amide bonds. The highest BCUT2D eigenvalue weighted by Gasteiger charge is 2.39. The predicted molar refractivity (Wildman–Crippen MR) is 119 cm³/mol. The molecule has 4 heterocycles. The molecule has 1 saturated heterocycles. The molecule has 8 nitrogen and oxygen atoms in total. The summed E-state index contributed by atoms with van der Waals surface area (Å²) < 4.78 is 7.92. The molecule has 6 rings (SSSR count). The van der Waals surface area contributed by atoms with E-state index in [0.29, 0.717) is 25.1 Å². The average molecular weight is 442 g/mol. The van der Waals surface area contributed by atoms with E-state index in [1.165, 1.54) is 5.56 Å². The van der Waals surface area contributed by atoms with Crippen LogP contribution in [0.2, 0.25) is 0 Å². The number of piperidine rings is 1. The first kappa shape index (κ1) is 19.7. The van der Waals surface area contributed by atoms with Gasteiger partial charge in [0.05, 0.1) is 24.3 Å². The zero-order valence-corrected chi connectivity index (χ0v) is 18.1. The first-order valence-corrected chi connectivity index (χ1v) is 11.1. The zero-order valence-electron chi connectivity index (χ0n) is 18.1. The number of benzene rings is 2. The van der Waals surface area contributed by atoms with Gasteiger partial charge in [0.25, 0.3) is 5.91 Å². The quantitative estimate of drug-likeness (QED) is 0.629. The fourth-order valence-corrected chi connectivity index (χ4v) is 5.08. The van der Waals surface area contributed by atoms with Crippen LogP contribution in [0.3, 0.4) is 0 Å². The van der Waals surface area contributed by atoms with Crippen molar-refractivity contribution >= 4 is 17.7 Å². The maximum atomic E-state index is 13.0. The number of hydrogen-bond donors (Lipinski definition) is 1. The van der Waals surface area contributed by atoms with E-state index < -0.39 is 11.9 Å². The van der Waals surface area contributed by atoms with Gasteiger partial charge in [0.2, 0.25) is 11.8 Å². The number of para-hydroxylation sites is 1. The van der Waals surface area contributed by atoms with Gasteiger partial charge in [-0.3, -0.25) is 19.7 Å². The molecule has 33 heavy (non-hydrogen) atoms. The van der Waals surface area contributed by atoms with Gasteiger partial charge in [0.15, 0.2) is 0 Å². The summed E-state index contributed by atoms with van der Waals surface area (Å²) in [6, 6.07) is 11.2. The van der Waals surface area contributed by atoms with Crippen molar-refractivity contribution in [3.63, 3.8) is 0 Å². The maximum absolute atomic E-state index is 13.0. The molecular weight excluding hydrogens is 420 g/mol. The Morgan fingerprint density at radius 3 is 2.79 bits per heavy atom.